The minimum absolute atomic E-state index is 0.375. The molecule has 3 nitrogen and oxygen atoms in total. The van der Waals surface area contributed by atoms with Crippen molar-refractivity contribution in [3.05, 3.63) is 59.1 Å². The monoisotopic (exact) mass is 291 g/mol. The second-order valence-electron chi connectivity index (χ2n) is 6.17. The first kappa shape index (κ1) is 13.4. The van der Waals surface area contributed by atoms with Crippen LogP contribution >= 0.6 is 0 Å². The van der Waals surface area contributed by atoms with Crippen LogP contribution in [-0.2, 0) is 0 Å². The van der Waals surface area contributed by atoms with Crippen molar-refractivity contribution in [2.24, 2.45) is 0 Å². The van der Waals surface area contributed by atoms with Gasteiger partial charge in [-0.15, -0.1) is 0 Å². The molecule has 2 atom stereocenters. The number of aromatic nitrogens is 3. The van der Waals surface area contributed by atoms with Crippen molar-refractivity contribution >= 4 is 17.8 Å². The zero-order chi connectivity index (χ0) is 15.1. The van der Waals surface area contributed by atoms with E-state index < -0.39 is 0 Å². The smallest absolute Gasteiger partial charge is 0.136 e. The van der Waals surface area contributed by atoms with E-state index in [1.807, 2.05) is 12.1 Å². The maximum Gasteiger partial charge on any atom is 0.136 e. The Morgan fingerprint density at radius 2 is 2.18 bits per heavy atom. The third-order valence-corrected chi connectivity index (χ3v) is 4.76. The van der Waals surface area contributed by atoms with Crippen molar-refractivity contribution in [3.63, 3.8) is 0 Å². The minimum Gasteiger partial charge on any atom is -0.345 e. The number of rotatable bonds is 3. The van der Waals surface area contributed by atoms with Gasteiger partial charge >= 0.3 is 0 Å². The number of hydrogen-bond donors (Lipinski definition) is 0. The van der Waals surface area contributed by atoms with E-state index in [4.69, 9.17) is 4.98 Å². The Kier molecular flexibility index (Phi) is 3.14. The molecule has 0 aromatic carbocycles. The van der Waals surface area contributed by atoms with Gasteiger partial charge in [-0.25, -0.2) is 4.98 Å². The zero-order valence-corrected chi connectivity index (χ0v) is 13.1. The van der Waals surface area contributed by atoms with Crippen molar-refractivity contribution in [2.75, 3.05) is 0 Å². The van der Waals surface area contributed by atoms with Crippen molar-refractivity contribution in [1.29, 1.82) is 0 Å². The molecule has 2 unspecified atom stereocenters. The highest BCUT2D eigenvalue weighted by atomic mass is 15.0. The molecule has 0 bridgehead atoms. The van der Waals surface area contributed by atoms with E-state index in [1.165, 1.54) is 10.6 Å². The minimum atomic E-state index is 0.375. The van der Waals surface area contributed by atoms with Gasteiger partial charge in [0.1, 0.15) is 5.65 Å². The highest BCUT2D eigenvalue weighted by molar-refractivity contribution is 5.49. The van der Waals surface area contributed by atoms with Crippen molar-refractivity contribution < 1.29 is 0 Å². The van der Waals surface area contributed by atoms with E-state index in [2.05, 4.69) is 65.7 Å². The van der Waals surface area contributed by atoms with Crippen LogP contribution in [0.1, 0.15) is 44.3 Å². The average molecular weight is 291 g/mol. The first-order valence-electron chi connectivity index (χ1n) is 8.09. The third-order valence-electron chi connectivity index (χ3n) is 4.76. The summed E-state index contributed by atoms with van der Waals surface area (Å²) in [4.78, 5) is 4.77. The summed E-state index contributed by atoms with van der Waals surface area (Å²) in [6, 6.07) is 8.92. The van der Waals surface area contributed by atoms with Gasteiger partial charge in [0.2, 0.25) is 0 Å². The normalized spacial score (nSPS) is 18.5. The lowest BCUT2D eigenvalue weighted by Crippen LogP contribution is -2.33. The number of imidazole rings is 1. The number of fused-ring (bicyclic) bond motifs is 2. The molecule has 0 radical (unpaired) electrons. The molecule has 0 amide bonds. The summed E-state index contributed by atoms with van der Waals surface area (Å²) < 4.78 is 4.49. The first-order chi connectivity index (χ1) is 10.8. The summed E-state index contributed by atoms with van der Waals surface area (Å²) in [5, 5.41) is 2.71. The molecule has 1 aliphatic carbocycles. The fourth-order valence-corrected chi connectivity index (χ4v) is 3.28. The fourth-order valence-electron chi connectivity index (χ4n) is 3.28. The largest absolute Gasteiger partial charge is 0.345 e. The maximum atomic E-state index is 4.77. The van der Waals surface area contributed by atoms with Crippen LogP contribution < -0.4 is 10.6 Å². The fraction of sp³-hybridized carbons (Fsp3) is 0.316. The van der Waals surface area contributed by atoms with Crippen molar-refractivity contribution in [3.8, 4) is 0 Å². The number of pyridine rings is 1. The van der Waals surface area contributed by atoms with Gasteiger partial charge in [-0.3, -0.25) is 0 Å². The van der Waals surface area contributed by atoms with Crippen LogP contribution in [0, 0.1) is 0 Å². The van der Waals surface area contributed by atoms with Crippen molar-refractivity contribution in [2.45, 2.75) is 38.6 Å². The first-order valence-corrected chi connectivity index (χ1v) is 8.09. The highest BCUT2D eigenvalue weighted by Gasteiger charge is 2.16. The van der Waals surface area contributed by atoms with E-state index in [0.29, 0.717) is 12.0 Å². The Morgan fingerprint density at radius 1 is 1.27 bits per heavy atom. The summed E-state index contributed by atoms with van der Waals surface area (Å²) in [5.74, 6) is 0.375. The van der Waals surface area contributed by atoms with E-state index in [1.54, 1.807) is 0 Å². The van der Waals surface area contributed by atoms with Gasteiger partial charge in [-0.05, 0) is 43.2 Å². The van der Waals surface area contributed by atoms with Gasteiger partial charge in [0, 0.05) is 35.9 Å². The molecule has 0 saturated heterocycles. The average Bonchev–Trinajstić information content (AvgIpc) is 3.17. The Morgan fingerprint density at radius 3 is 3.00 bits per heavy atom. The Hall–Kier alpha value is -2.29. The molecule has 22 heavy (non-hydrogen) atoms. The van der Waals surface area contributed by atoms with Crippen molar-refractivity contribution in [1.82, 2.24) is 14.0 Å². The molecule has 3 heterocycles. The van der Waals surface area contributed by atoms with Crippen LogP contribution in [0.25, 0.3) is 17.8 Å². The van der Waals surface area contributed by atoms with Crippen LogP contribution in [0.4, 0.5) is 0 Å². The molecule has 1 aliphatic rings. The summed E-state index contributed by atoms with van der Waals surface area (Å²) in [5.41, 5.74) is 2.18. The van der Waals surface area contributed by atoms with Gasteiger partial charge in [0.05, 0.1) is 5.69 Å². The Balaban J connectivity index is 1.75. The summed E-state index contributed by atoms with van der Waals surface area (Å²) in [6.45, 7) is 4.52. The third kappa shape index (κ3) is 2.08. The lowest BCUT2D eigenvalue weighted by molar-refractivity contribution is 0.520. The highest BCUT2D eigenvalue weighted by Crippen LogP contribution is 2.23. The molecule has 0 fully saturated rings. The summed E-state index contributed by atoms with van der Waals surface area (Å²) in [6.07, 6.45) is 13.4. The molecule has 0 saturated carbocycles. The Bertz CT molecular complexity index is 896. The van der Waals surface area contributed by atoms with Gasteiger partial charge in [-0.2, -0.15) is 0 Å². The molecule has 0 aliphatic heterocycles. The molecule has 3 aromatic heterocycles. The molecular weight excluding hydrogens is 270 g/mol. The molecule has 112 valence electrons. The SMILES string of the molecule is CCC(C)n1ccc2c1=CCC(c1cn3ccccc3n1)C=2. The van der Waals surface area contributed by atoms with E-state index >= 15 is 0 Å². The summed E-state index contributed by atoms with van der Waals surface area (Å²) in [7, 11) is 0. The van der Waals surface area contributed by atoms with Gasteiger partial charge in [0.25, 0.3) is 0 Å². The molecular formula is C19H21N3. The molecule has 4 rings (SSSR count). The second-order valence-corrected chi connectivity index (χ2v) is 6.17. The van der Waals surface area contributed by atoms with Crippen LogP contribution in [0.3, 0.4) is 0 Å². The summed E-state index contributed by atoms with van der Waals surface area (Å²) >= 11 is 0. The lowest BCUT2D eigenvalue weighted by Gasteiger charge is -2.15. The van der Waals surface area contributed by atoms with Crippen LogP contribution in [0.5, 0.6) is 0 Å². The topological polar surface area (TPSA) is 22.2 Å². The van der Waals surface area contributed by atoms with Crippen LogP contribution in [0.15, 0.2) is 42.9 Å². The van der Waals surface area contributed by atoms with E-state index in [9.17, 15) is 0 Å². The molecule has 0 spiro atoms. The van der Waals surface area contributed by atoms with Gasteiger partial charge < -0.3 is 8.97 Å². The lowest BCUT2D eigenvalue weighted by atomic mass is 9.97. The van der Waals surface area contributed by atoms with E-state index in [-0.39, 0.29) is 0 Å². The zero-order valence-electron chi connectivity index (χ0n) is 13.1. The Labute approximate surface area is 130 Å². The van der Waals surface area contributed by atoms with Gasteiger partial charge in [0.15, 0.2) is 0 Å². The molecule has 3 aromatic rings. The second kappa shape index (κ2) is 5.16. The standard InChI is InChI=1S/C19H21N3/c1-3-14(2)22-11-9-16-12-15(7-8-18(16)22)17-13-21-10-5-4-6-19(21)20-17/h4-6,8-15H,3,7H2,1-2H3. The quantitative estimate of drug-likeness (QED) is 0.727. The van der Waals surface area contributed by atoms with Crippen LogP contribution in [-0.4, -0.2) is 14.0 Å². The van der Waals surface area contributed by atoms with Gasteiger partial charge in [-0.1, -0.05) is 25.1 Å². The number of nitrogens with zero attached hydrogens (tertiary/aromatic N) is 3. The number of hydrogen-bond acceptors (Lipinski definition) is 1. The predicted molar refractivity (Wildman–Crippen MR) is 90.2 cm³/mol. The van der Waals surface area contributed by atoms with E-state index in [0.717, 1.165) is 24.2 Å². The molecule has 3 heteroatoms. The van der Waals surface area contributed by atoms with Crippen LogP contribution in [0.2, 0.25) is 0 Å². The molecule has 0 N–H and O–H groups in total. The maximum absolute atomic E-state index is 4.77. The predicted octanol–water partition coefficient (Wildman–Crippen LogP) is 2.86.